The molecule has 1 saturated heterocycles. The second-order valence-electron chi connectivity index (χ2n) is 6.74. The second kappa shape index (κ2) is 7.91. The van der Waals surface area contributed by atoms with Crippen LogP contribution in [-0.2, 0) is 0 Å². The SMILES string of the molecule is COc1cncc2nc(-c3ccnc(Nc4ncco4)c3)nc(N3CCNCC3)c12. The van der Waals surface area contributed by atoms with Crippen LogP contribution in [0.5, 0.6) is 5.75 Å². The number of fused-ring (bicyclic) bond motifs is 1. The minimum Gasteiger partial charge on any atom is -0.494 e. The highest BCUT2D eigenvalue weighted by Crippen LogP contribution is 2.34. The molecule has 2 N–H and O–H groups in total. The number of pyridine rings is 2. The van der Waals surface area contributed by atoms with Crippen molar-refractivity contribution in [2.45, 2.75) is 0 Å². The van der Waals surface area contributed by atoms with Crippen molar-refractivity contribution in [3.63, 3.8) is 0 Å². The molecular weight excluding hydrogens is 384 g/mol. The topological polar surface area (TPSA) is 114 Å². The van der Waals surface area contributed by atoms with Crippen molar-refractivity contribution in [3.8, 4) is 17.1 Å². The van der Waals surface area contributed by atoms with E-state index in [1.807, 2.05) is 12.1 Å². The maximum atomic E-state index is 5.56. The number of piperazine rings is 1. The van der Waals surface area contributed by atoms with Crippen molar-refractivity contribution in [2.24, 2.45) is 0 Å². The molecule has 152 valence electrons. The number of rotatable bonds is 5. The fraction of sp³-hybridized carbons (Fsp3) is 0.250. The Hall–Kier alpha value is -3.79. The number of nitrogens with zero attached hydrogens (tertiary/aromatic N) is 6. The van der Waals surface area contributed by atoms with Crippen molar-refractivity contribution in [1.29, 1.82) is 0 Å². The molecule has 0 atom stereocenters. The summed E-state index contributed by atoms with van der Waals surface area (Å²) < 4.78 is 10.8. The average Bonchev–Trinajstić information content (AvgIpc) is 3.31. The lowest BCUT2D eigenvalue weighted by atomic mass is 10.2. The Kier molecular flexibility index (Phi) is 4.81. The lowest BCUT2D eigenvalue weighted by Crippen LogP contribution is -2.44. The lowest BCUT2D eigenvalue weighted by molar-refractivity contribution is 0.418. The van der Waals surface area contributed by atoms with Crippen LogP contribution in [0.3, 0.4) is 0 Å². The van der Waals surface area contributed by atoms with Gasteiger partial charge in [0.05, 0.1) is 36.6 Å². The Labute approximate surface area is 172 Å². The molecule has 0 saturated carbocycles. The van der Waals surface area contributed by atoms with Crippen molar-refractivity contribution in [2.75, 3.05) is 43.5 Å². The van der Waals surface area contributed by atoms with Gasteiger partial charge in [0.25, 0.3) is 6.01 Å². The predicted molar refractivity (Wildman–Crippen MR) is 112 cm³/mol. The lowest BCUT2D eigenvalue weighted by Gasteiger charge is -2.29. The van der Waals surface area contributed by atoms with Gasteiger partial charge < -0.3 is 19.4 Å². The molecule has 4 aromatic rings. The molecule has 10 heteroatoms. The number of nitrogens with one attached hydrogen (secondary N) is 2. The first-order valence-corrected chi connectivity index (χ1v) is 9.60. The highest BCUT2D eigenvalue weighted by molar-refractivity contribution is 5.95. The molecule has 4 aromatic heterocycles. The van der Waals surface area contributed by atoms with E-state index in [4.69, 9.17) is 19.1 Å². The van der Waals surface area contributed by atoms with Gasteiger partial charge in [0.15, 0.2) is 5.82 Å². The standard InChI is InChI=1S/C20H20N8O2/c1-29-15-12-22-11-14-17(15)19(28-7-4-21-5-8-28)27-18(25-14)13-2-3-23-16(10-13)26-20-24-6-9-30-20/h2-3,6,9-12,21H,4-5,7-8H2,1H3,(H,23,24,26). The van der Waals surface area contributed by atoms with E-state index in [1.54, 1.807) is 31.9 Å². The van der Waals surface area contributed by atoms with Crippen LogP contribution < -0.4 is 20.3 Å². The summed E-state index contributed by atoms with van der Waals surface area (Å²) in [4.78, 5) is 24.6. The van der Waals surface area contributed by atoms with Crippen LogP contribution in [0.15, 0.2) is 47.6 Å². The van der Waals surface area contributed by atoms with Gasteiger partial charge in [0.1, 0.15) is 23.6 Å². The first-order valence-electron chi connectivity index (χ1n) is 9.60. The van der Waals surface area contributed by atoms with Crippen LogP contribution in [0.4, 0.5) is 17.7 Å². The molecule has 0 unspecified atom stereocenters. The highest BCUT2D eigenvalue weighted by atomic mass is 16.5. The Morgan fingerprint density at radius 3 is 2.83 bits per heavy atom. The zero-order chi connectivity index (χ0) is 20.3. The molecule has 0 bridgehead atoms. The minimum atomic E-state index is 0.370. The van der Waals surface area contributed by atoms with E-state index < -0.39 is 0 Å². The summed E-state index contributed by atoms with van der Waals surface area (Å²) >= 11 is 0. The summed E-state index contributed by atoms with van der Waals surface area (Å²) in [5.41, 5.74) is 1.55. The van der Waals surface area contributed by atoms with Crippen molar-refractivity contribution in [3.05, 3.63) is 43.2 Å². The summed E-state index contributed by atoms with van der Waals surface area (Å²) in [6, 6.07) is 4.10. The van der Waals surface area contributed by atoms with Gasteiger partial charge in [0, 0.05) is 37.9 Å². The Bertz CT molecular complexity index is 1160. The Balaban J connectivity index is 1.61. The summed E-state index contributed by atoms with van der Waals surface area (Å²) in [6.45, 7) is 3.50. The van der Waals surface area contributed by atoms with Crippen LogP contribution in [0.25, 0.3) is 22.3 Å². The second-order valence-corrected chi connectivity index (χ2v) is 6.74. The normalized spacial score (nSPS) is 14.1. The van der Waals surface area contributed by atoms with Gasteiger partial charge in [-0.25, -0.2) is 19.9 Å². The van der Waals surface area contributed by atoms with Gasteiger partial charge in [-0.05, 0) is 12.1 Å². The number of oxazole rings is 1. The van der Waals surface area contributed by atoms with Gasteiger partial charge in [-0.3, -0.25) is 10.3 Å². The van der Waals surface area contributed by atoms with E-state index in [-0.39, 0.29) is 0 Å². The van der Waals surface area contributed by atoms with Gasteiger partial charge in [-0.2, -0.15) is 0 Å². The molecule has 5 heterocycles. The molecule has 0 amide bonds. The summed E-state index contributed by atoms with van der Waals surface area (Å²) in [7, 11) is 1.63. The van der Waals surface area contributed by atoms with E-state index in [0.717, 1.165) is 48.5 Å². The Morgan fingerprint density at radius 2 is 2.03 bits per heavy atom. The molecule has 0 aliphatic carbocycles. The smallest absolute Gasteiger partial charge is 0.300 e. The molecular formula is C20H20N8O2. The molecule has 1 fully saturated rings. The van der Waals surface area contributed by atoms with E-state index in [0.29, 0.717) is 23.4 Å². The van der Waals surface area contributed by atoms with E-state index in [9.17, 15) is 0 Å². The van der Waals surface area contributed by atoms with Gasteiger partial charge in [0.2, 0.25) is 0 Å². The number of methoxy groups -OCH3 is 1. The van der Waals surface area contributed by atoms with E-state index >= 15 is 0 Å². The fourth-order valence-corrected chi connectivity index (χ4v) is 3.46. The zero-order valence-corrected chi connectivity index (χ0v) is 16.4. The number of hydrogen-bond acceptors (Lipinski definition) is 10. The van der Waals surface area contributed by atoms with E-state index in [1.165, 1.54) is 6.26 Å². The minimum absolute atomic E-state index is 0.370. The fourth-order valence-electron chi connectivity index (χ4n) is 3.46. The largest absolute Gasteiger partial charge is 0.494 e. The van der Waals surface area contributed by atoms with Crippen molar-refractivity contribution in [1.82, 2.24) is 30.2 Å². The summed E-state index contributed by atoms with van der Waals surface area (Å²) in [5.74, 6) is 2.68. The van der Waals surface area contributed by atoms with E-state index in [2.05, 4.69) is 30.5 Å². The third-order valence-electron chi connectivity index (χ3n) is 4.87. The summed E-state index contributed by atoms with van der Waals surface area (Å²) in [6.07, 6.45) is 8.20. The third kappa shape index (κ3) is 3.48. The van der Waals surface area contributed by atoms with Gasteiger partial charge in [-0.1, -0.05) is 0 Å². The van der Waals surface area contributed by atoms with Crippen molar-refractivity contribution >= 4 is 28.6 Å². The van der Waals surface area contributed by atoms with Crippen LogP contribution >= 0.6 is 0 Å². The molecule has 30 heavy (non-hydrogen) atoms. The number of hydrogen-bond donors (Lipinski definition) is 2. The number of anilines is 3. The van der Waals surface area contributed by atoms with Crippen LogP contribution in [0.1, 0.15) is 0 Å². The molecule has 1 aliphatic heterocycles. The molecule has 0 spiro atoms. The third-order valence-corrected chi connectivity index (χ3v) is 4.87. The van der Waals surface area contributed by atoms with Gasteiger partial charge >= 0.3 is 0 Å². The van der Waals surface area contributed by atoms with Crippen LogP contribution in [-0.4, -0.2) is 58.2 Å². The monoisotopic (exact) mass is 404 g/mol. The first-order chi connectivity index (χ1) is 14.8. The van der Waals surface area contributed by atoms with Crippen LogP contribution in [0, 0.1) is 0 Å². The average molecular weight is 404 g/mol. The number of aromatic nitrogens is 5. The molecule has 5 rings (SSSR count). The van der Waals surface area contributed by atoms with Crippen molar-refractivity contribution < 1.29 is 9.15 Å². The molecule has 0 aromatic carbocycles. The maximum absolute atomic E-state index is 5.56. The number of ether oxygens (including phenoxy) is 1. The first kappa shape index (κ1) is 18.3. The predicted octanol–water partition coefficient (Wildman–Crippen LogP) is 2.24. The molecule has 1 aliphatic rings. The van der Waals surface area contributed by atoms with Gasteiger partial charge in [-0.15, -0.1) is 0 Å². The maximum Gasteiger partial charge on any atom is 0.300 e. The molecule has 10 nitrogen and oxygen atoms in total. The highest BCUT2D eigenvalue weighted by Gasteiger charge is 2.20. The molecule has 0 radical (unpaired) electrons. The quantitative estimate of drug-likeness (QED) is 0.513. The zero-order valence-electron chi connectivity index (χ0n) is 16.4. The van der Waals surface area contributed by atoms with Crippen LogP contribution in [0.2, 0.25) is 0 Å². The summed E-state index contributed by atoms with van der Waals surface area (Å²) in [5, 5.41) is 7.27. The Morgan fingerprint density at radius 1 is 1.13 bits per heavy atom.